The number of nitrogens with zero attached hydrogens (tertiary/aromatic N) is 1. The first-order chi connectivity index (χ1) is 19.4. The Morgan fingerprint density at radius 1 is 0.875 bits per heavy atom. The molecular formula is C32H35Cl3N2O3. The maximum absolute atomic E-state index is 13.9. The summed E-state index contributed by atoms with van der Waals surface area (Å²) < 4.78 is 5.80. The number of hydrogen-bond donors (Lipinski definition) is 1. The van der Waals surface area contributed by atoms with E-state index in [1.54, 1.807) is 47.4 Å². The summed E-state index contributed by atoms with van der Waals surface area (Å²) in [4.78, 5) is 29.3. The molecule has 212 valence electrons. The van der Waals surface area contributed by atoms with E-state index >= 15 is 0 Å². The van der Waals surface area contributed by atoms with Crippen molar-refractivity contribution in [2.45, 2.75) is 70.0 Å². The summed E-state index contributed by atoms with van der Waals surface area (Å²) in [5, 5.41) is 4.80. The van der Waals surface area contributed by atoms with Crippen LogP contribution in [0.5, 0.6) is 5.75 Å². The van der Waals surface area contributed by atoms with Crippen molar-refractivity contribution in [2.75, 3.05) is 6.61 Å². The molecule has 3 aromatic rings. The van der Waals surface area contributed by atoms with Gasteiger partial charge in [-0.2, -0.15) is 0 Å². The van der Waals surface area contributed by atoms with Gasteiger partial charge < -0.3 is 15.0 Å². The Balaban J connectivity index is 1.55. The Bertz CT molecular complexity index is 1230. The molecular weight excluding hydrogens is 567 g/mol. The van der Waals surface area contributed by atoms with Gasteiger partial charge in [-0.15, -0.1) is 0 Å². The number of amides is 2. The third-order valence-electron chi connectivity index (χ3n) is 7.23. The van der Waals surface area contributed by atoms with Gasteiger partial charge in [-0.05, 0) is 61.2 Å². The highest BCUT2D eigenvalue weighted by atomic mass is 35.5. The van der Waals surface area contributed by atoms with Crippen LogP contribution in [0.4, 0.5) is 0 Å². The van der Waals surface area contributed by atoms with Crippen LogP contribution in [0.15, 0.2) is 72.8 Å². The molecule has 1 aliphatic rings. The van der Waals surface area contributed by atoms with E-state index in [0.29, 0.717) is 45.8 Å². The first-order valence-corrected chi connectivity index (χ1v) is 15.0. The van der Waals surface area contributed by atoms with E-state index in [4.69, 9.17) is 39.5 Å². The van der Waals surface area contributed by atoms with Gasteiger partial charge in [0, 0.05) is 46.1 Å². The largest absolute Gasteiger partial charge is 0.494 e. The third kappa shape index (κ3) is 8.89. The molecule has 3 aromatic carbocycles. The first kappa shape index (κ1) is 30.2. The predicted molar refractivity (Wildman–Crippen MR) is 162 cm³/mol. The lowest BCUT2D eigenvalue weighted by Crippen LogP contribution is -2.52. The molecule has 0 heterocycles. The molecule has 0 saturated heterocycles. The van der Waals surface area contributed by atoms with Gasteiger partial charge in [-0.3, -0.25) is 9.59 Å². The molecule has 1 N–H and O–H groups in total. The zero-order valence-electron chi connectivity index (χ0n) is 22.5. The van der Waals surface area contributed by atoms with Crippen LogP contribution in [-0.4, -0.2) is 35.4 Å². The Kier molecular flexibility index (Phi) is 11.6. The van der Waals surface area contributed by atoms with Crippen molar-refractivity contribution < 1.29 is 14.3 Å². The van der Waals surface area contributed by atoms with Crippen molar-refractivity contribution in [2.24, 2.45) is 0 Å². The minimum Gasteiger partial charge on any atom is -0.494 e. The average Bonchev–Trinajstić information content (AvgIpc) is 2.96. The lowest BCUT2D eigenvalue weighted by Gasteiger charge is -2.34. The van der Waals surface area contributed by atoms with Gasteiger partial charge in [0.2, 0.25) is 11.8 Å². The second-order valence-electron chi connectivity index (χ2n) is 10.2. The lowest BCUT2D eigenvalue weighted by molar-refractivity contribution is -0.141. The smallest absolute Gasteiger partial charge is 0.243 e. The molecule has 0 aromatic heterocycles. The zero-order chi connectivity index (χ0) is 28.3. The van der Waals surface area contributed by atoms with Crippen molar-refractivity contribution in [1.82, 2.24) is 10.2 Å². The topological polar surface area (TPSA) is 58.6 Å². The summed E-state index contributed by atoms with van der Waals surface area (Å²) in [5.74, 6) is 0.380. The van der Waals surface area contributed by atoms with Crippen LogP contribution in [0.1, 0.15) is 56.1 Å². The number of benzene rings is 3. The molecule has 8 heteroatoms. The van der Waals surface area contributed by atoms with Crippen molar-refractivity contribution in [3.05, 3.63) is 99.0 Å². The van der Waals surface area contributed by atoms with E-state index in [1.807, 2.05) is 30.3 Å². The number of rotatable bonds is 12. The second kappa shape index (κ2) is 15.3. The molecule has 40 heavy (non-hydrogen) atoms. The molecule has 0 aliphatic heterocycles. The van der Waals surface area contributed by atoms with Crippen molar-refractivity contribution in [1.29, 1.82) is 0 Å². The van der Waals surface area contributed by atoms with Crippen LogP contribution >= 0.6 is 34.8 Å². The van der Waals surface area contributed by atoms with Crippen LogP contribution in [0.3, 0.4) is 0 Å². The molecule has 4 rings (SSSR count). The van der Waals surface area contributed by atoms with Gasteiger partial charge in [0.25, 0.3) is 0 Å². The number of carbonyl (C=O) groups is 2. The van der Waals surface area contributed by atoms with E-state index in [2.05, 4.69) is 5.32 Å². The molecule has 0 radical (unpaired) electrons. The van der Waals surface area contributed by atoms with Gasteiger partial charge in [0.05, 0.1) is 6.61 Å². The van der Waals surface area contributed by atoms with E-state index in [0.717, 1.165) is 31.2 Å². The summed E-state index contributed by atoms with van der Waals surface area (Å²) in [6.45, 7) is 0.483. The number of carbonyl (C=O) groups excluding carboxylic acids is 2. The van der Waals surface area contributed by atoms with Crippen LogP contribution in [0.2, 0.25) is 15.1 Å². The zero-order valence-corrected chi connectivity index (χ0v) is 24.7. The van der Waals surface area contributed by atoms with Gasteiger partial charge >= 0.3 is 0 Å². The fourth-order valence-electron chi connectivity index (χ4n) is 5.04. The van der Waals surface area contributed by atoms with Crippen LogP contribution in [-0.2, 0) is 22.6 Å². The SMILES string of the molecule is O=C(NC1CCCCC1)C(Cc1ccccc1)N(Cc1c(Cl)cccc1Cl)C(=O)CCCOc1ccc(Cl)cc1. The minimum absolute atomic E-state index is 0.119. The fourth-order valence-corrected chi connectivity index (χ4v) is 5.68. The predicted octanol–water partition coefficient (Wildman–Crippen LogP) is 7.89. The molecule has 0 bridgehead atoms. The summed E-state index contributed by atoms with van der Waals surface area (Å²) in [6, 6.07) is 21.5. The Morgan fingerprint density at radius 3 is 2.23 bits per heavy atom. The Hall–Kier alpha value is -2.73. The molecule has 1 aliphatic carbocycles. The lowest BCUT2D eigenvalue weighted by atomic mass is 9.94. The second-order valence-corrected chi connectivity index (χ2v) is 11.4. The van der Waals surface area contributed by atoms with Gasteiger partial charge in [-0.25, -0.2) is 0 Å². The summed E-state index contributed by atoms with van der Waals surface area (Å²) in [6.07, 6.45) is 6.36. The third-order valence-corrected chi connectivity index (χ3v) is 8.19. The highest BCUT2D eigenvalue weighted by molar-refractivity contribution is 6.36. The molecule has 1 saturated carbocycles. The average molecular weight is 602 g/mol. The molecule has 5 nitrogen and oxygen atoms in total. The van der Waals surface area contributed by atoms with Gasteiger partial charge in [0.1, 0.15) is 11.8 Å². The quantitative estimate of drug-likeness (QED) is 0.215. The highest BCUT2D eigenvalue weighted by Crippen LogP contribution is 2.28. The minimum atomic E-state index is -0.721. The maximum Gasteiger partial charge on any atom is 0.243 e. The Morgan fingerprint density at radius 2 is 1.55 bits per heavy atom. The van der Waals surface area contributed by atoms with Crippen molar-refractivity contribution >= 4 is 46.6 Å². The van der Waals surface area contributed by atoms with E-state index in [1.165, 1.54) is 6.42 Å². The Labute approximate surface area is 251 Å². The maximum atomic E-state index is 13.9. The van der Waals surface area contributed by atoms with Crippen molar-refractivity contribution in [3.63, 3.8) is 0 Å². The fraction of sp³-hybridized carbons (Fsp3) is 0.375. The van der Waals surface area contributed by atoms with E-state index in [9.17, 15) is 9.59 Å². The first-order valence-electron chi connectivity index (χ1n) is 13.9. The molecule has 0 spiro atoms. The van der Waals surface area contributed by atoms with Crippen LogP contribution < -0.4 is 10.1 Å². The molecule has 1 atom stereocenters. The summed E-state index contributed by atoms with van der Waals surface area (Å²) in [7, 11) is 0. The standard InChI is InChI=1S/C32H35Cl3N2O3/c33-24-16-18-26(19-17-24)40-20-8-15-31(38)37(22-27-28(34)13-7-14-29(27)35)30(21-23-9-3-1-4-10-23)32(39)36-25-11-5-2-6-12-25/h1,3-4,7,9-10,13-14,16-19,25,30H,2,5-6,8,11-12,15,20-22H2,(H,36,39). The monoisotopic (exact) mass is 600 g/mol. The summed E-state index contributed by atoms with van der Waals surface area (Å²) >= 11 is 19.0. The van der Waals surface area contributed by atoms with E-state index in [-0.39, 0.29) is 30.8 Å². The number of hydrogen-bond acceptors (Lipinski definition) is 3. The molecule has 1 fully saturated rings. The number of ether oxygens (including phenoxy) is 1. The highest BCUT2D eigenvalue weighted by Gasteiger charge is 2.32. The van der Waals surface area contributed by atoms with Gasteiger partial charge in [0.15, 0.2) is 0 Å². The number of halogens is 3. The van der Waals surface area contributed by atoms with E-state index < -0.39 is 6.04 Å². The van der Waals surface area contributed by atoms with Gasteiger partial charge in [-0.1, -0.05) is 90.5 Å². The summed E-state index contributed by atoms with van der Waals surface area (Å²) in [5.41, 5.74) is 1.60. The molecule has 2 amide bonds. The van der Waals surface area contributed by atoms with Crippen molar-refractivity contribution in [3.8, 4) is 5.75 Å². The van der Waals surface area contributed by atoms with Crippen LogP contribution in [0, 0.1) is 0 Å². The van der Waals surface area contributed by atoms with Crippen LogP contribution in [0.25, 0.3) is 0 Å². The number of nitrogens with one attached hydrogen (secondary N) is 1. The molecule has 1 unspecified atom stereocenters. The normalized spacial score (nSPS) is 14.4.